The molecule has 2 saturated heterocycles. The molecule has 1 aromatic rings. The molecule has 0 radical (unpaired) electrons. The molecule has 20 heavy (non-hydrogen) atoms. The summed E-state index contributed by atoms with van der Waals surface area (Å²) in [5, 5.41) is 13.5. The summed E-state index contributed by atoms with van der Waals surface area (Å²) in [4.78, 5) is 2.43. The van der Waals surface area contributed by atoms with Gasteiger partial charge in [0.1, 0.15) is 0 Å². The lowest BCUT2D eigenvalue weighted by molar-refractivity contribution is 0.0521. The number of hydrogen-bond acceptors (Lipinski definition) is 3. The first-order chi connectivity index (χ1) is 9.59. The number of rotatable bonds is 2. The number of oxime groups is 1. The van der Waals surface area contributed by atoms with Gasteiger partial charge in [0.2, 0.25) is 0 Å². The van der Waals surface area contributed by atoms with Crippen molar-refractivity contribution in [3.63, 3.8) is 0 Å². The Kier molecular flexibility index (Phi) is 3.69. The molecule has 0 aromatic heterocycles. The Balaban J connectivity index is 2.11. The van der Waals surface area contributed by atoms with Gasteiger partial charge in [0.15, 0.2) is 0 Å². The van der Waals surface area contributed by atoms with Crippen molar-refractivity contribution >= 4 is 29.4 Å². The van der Waals surface area contributed by atoms with E-state index in [9.17, 15) is 0 Å². The number of piperidine rings is 1. The van der Waals surface area contributed by atoms with Crippen LogP contribution in [0.2, 0.25) is 10.0 Å². The van der Waals surface area contributed by atoms with Gasteiger partial charge in [0, 0.05) is 18.2 Å². The summed E-state index contributed by atoms with van der Waals surface area (Å²) >= 11 is 12.2. The summed E-state index contributed by atoms with van der Waals surface area (Å²) in [6.45, 7) is 0. The van der Waals surface area contributed by atoms with E-state index in [-0.39, 0.29) is 11.5 Å². The van der Waals surface area contributed by atoms with Gasteiger partial charge in [0.05, 0.1) is 15.6 Å². The van der Waals surface area contributed by atoms with Gasteiger partial charge in [0.25, 0.3) is 0 Å². The van der Waals surface area contributed by atoms with E-state index in [4.69, 9.17) is 28.4 Å². The maximum atomic E-state index is 9.00. The third kappa shape index (κ3) is 1.95. The Morgan fingerprint density at radius 3 is 2.80 bits per heavy atom. The van der Waals surface area contributed by atoms with Gasteiger partial charge in [-0.15, -0.1) is 5.16 Å². The summed E-state index contributed by atoms with van der Waals surface area (Å²) in [6.07, 6.45) is 6.10. The summed E-state index contributed by atoms with van der Waals surface area (Å²) in [7, 11) is 2.16. The normalized spacial score (nSPS) is 34.0. The molecule has 1 N–H and O–H groups in total. The highest BCUT2D eigenvalue weighted by atomic mass is 35.5. The van der Waals surface area contributed by atoms with Gasteiger partial charge in [-0.2, -0.15) is 0 Å². The fourth-order valence-electron chi connectivity index (χ4n) is 4.08. The van der Waals surface area contributed by atoms with Crippen LogP contribution in [0.15, 0.2) is 23.4 Å². The van der Waals surface area contributed by atoms with E-state index in [1.165, 1.54) is 12.0 Å². The average molecular weight is 313 g/mol. The van der Waals surface area contributed by atoms with Gasteiger partial charge >= 0.3 is 0 Å². The molecule has 0 saturated carbocycles. The summed E-state index contributed by atoms with van der Waals surface area (Å²) < 4.78 is 0. The Morgan fingerprint density at radius 2 is 2.10 bits per heavy atom. The van der Waals surface area contributed by atoms with Crippen LogP contribution in [-0.4, -0.2) is 29.4 Å². The van der Waals surface area contributed by atoms with Crippen molar-refractivity contribution in [1.29, 1.82) is 0 Å². The van der Waals surface area contributed by atoms with Gasteiger partial charge in [-0.3, -0.25) is 4.90 Å². The van der Waals surface area contributed by atoms with Crippen molar-refractivity contribution in [2.24, 2.45) is 11.1 Å². The SMILES string of the molecule is CN1[C@@H]2CCC(C=NO)[C@@]1(c1ccc(Cl)c(Cl)c1)CC2. The molecule has 0 aliphatic carbocycles. The molecule has 0 spiro atoms. The lowest BCUT2D eigenvalue weighted by atomic mass is 9.73. The van der Waals surface area contributed by atoms with Crippen LogP contribution in [-0.2, 0) is 5.54 Å². The predicted molar refractivity (Wildman–Crippen MR) is 81.9 cm³/mol. The second-order valence-corrected chi connectivity index (χ2v) is 6.62. The van der Waals surface area contributed by atoms with Crippen LogP contribution in [0.3, 0.4) is 0 Å². The Morgan fingerprint density at radius 1 is 1.30 bits per heavy atom. The molecule has 1 unspecified atom stereocenters. The zero-order valence-corrected chi connectivity index (χ0v) is 12.9. The lowest BCUT2D eigenvalue weighted by Crippen LogP contribution is -2.51. The highest BCUT2D eigenvalue weighted by Crippen LogP contribution is 2.52. The molecule has 2 heterocycles. The van der Waals surface area contributed by atoms with Crippen LogP contribution in [0.4, 0.5) is 0 Å². The highest BCUT2D eigenvalue weighted by Gasteiger charge is 2.53. The van der Waals surface area contributed by atoms with Gasteiger partial charge in [-0.1, -0.05) is 29.3 Å². The van der Waals surface area contributed by atoms with Crippen LogP contribution in [0.5, 0.6) is 0 Å². The average Bonchev–Trinajstić information content (AvgIpc) is 2.65. The van der Waals surface area contributed by atoms with E-state index >= 15 is 0 Å². The van der Waals surface area contributed by atoms with Crippen molar-refractivity contribution in [1.82, 2.24) is 4.90 Å². The number of nitrogens with zero attached hydrogens (tertiary/aromatic N) is 2. The Hall–Kier alpha value is -0.770. The van der Waals surface area contributed by atoms with Crippen molar-refractivity contribution in [2.75, 3.05) is 7.05 Å². The van der Waals surface area contributed by atoms with E-state index in [1.807, 2.05) is 12.1 Å². The minimum Gasteiger partial charge on any atom is -0.411 e. The molecule has 3 rings (SSSR count). The third-order valence-corrected chi connectivity index (χ3v) is 5.87. The molecule has 2 aliphatic rings. The zero-order chi connectivity index (χ0) is 14.3. The minimum absolute atomic E-state index is 0.122. The molecule has 3 atom stereocenters. The monoisotopic (exact) mass is 312 g/mol. The predicted octanol–water partition coefficient (Wildman–Crippen LogP) is 4.15. The highest BCUT2D eigenvalue weighted by molar-refractivity contribution is 6.42. The van der Waals surface area contributed by atoms with Crippen LogP contribution in [0, 0.1) is 5.92 Å². The smallest absolute Gasteiger partial charge is 0.0595 e. The van der Waals surface area contributed by atoms with Crippen LogP contribution in [0.25, 0.3) is 0 Å². The second-order valence-electron chi connectivity index (χ2n) is 5.80. The lowest BCUT2D eigenvalue weighted by Gasteiger charge is -2.47. The molecule has 108 valence electrons. The maximum Gasteiger partial charge on any atom is 0.0595 e. The minimum atomic E-state index is -0.122. The van der Waals surface area contributed by atoms with E-state index < -0.39 is 0 Å². The molecular weight excluding hydrogens is 295 g/mol. The number of benzene rings is 1. The molecule has 5 heteroatoms. The van der Waals surface area contributed by atoms with Crippen LogP contribution in [0.1, 0.15) is 31.2 Å². The molecule has 3 nitrogen and oxygen atoms in total. The molecule has 2 fully saturated rings. The quantitative estimate of drug-likeness (QED) is 0.506. The topological polar surface area (TPSA) is 35.8 Å². The zero-order valence-electron chi connectivity index (χ0n) is 11.4. The molecule has 2 aliphatic heterocycles. The van der Waals surface area contributed by atoms with Crippen LogP contribution >= 0.6 is 23.2 Å². The molecular formula is C15H18Cl2N2O. The maximum absolute atomic E-state index is 9.00. The molecule has 2 bridgehead atoms. The molecule has 1 aromatic carbocycles. The fourth-order valence-corrected chi connectivity index (χ4v) is 4.38. The first-order valence-electron chi connectivity index (χ1n) is 6.95. The molecule has 0 amide bonds. The third-order valence-electron chi connectivity index (χ3n) is 5.13. The van der Waals surface area contributed by atoms with Crippen molar-refractivity contribution in [2.45, 2.75) is 37.3 Å². The van der Waals surface area contributed by atoms with Crippen LogP contribution < -0.4 is 0 Å². The van der Waals surface area contributed by atoms with E-state index in [1.54, 1.807) is 6.21 Å². The van der Waals surface area contributed by atoms with E-state index in [0.29, 0.717) is 16.1 Å². The number of halogens is 2. The van der Waals surface area contributed by atoms with Gasteiger partial charge in [-0.25, -0.2) is 0 Å². The summed E-state index contributed by atoms with van der Waals surface area (Å²) in [6, 6.07) is 6.48. The number of fused-ring (bicyclic) bond motifs is 2. The van der Waals surface area contributed by atoms with Crippen molar-refractivity contribution in [3.05, 3.63) is 33.8 Å². The summed E-state index contributed by atoms with van der Waals surface area (Å²) in [5.74, 6) is 0.202. The van der Waals surface area contributed by atoms with Crippen molar-refractivity contribution in [3.8, 4) is 0 Å². The van der Waals surface area contributed by atoms with E-state index in [0.717, 1.165) is 19.3 Å². The first-order valence-corrected chi connectivity index (χ1v) is 7.71. The second kappa shape index (κ2) is 5.21. The Bertz CT molecular complexity index is 549. The van der Waals surface area contributed by atoms with Crippen molar-refractivity contribution < 1.29 is 5.21 Å². The summed E-state index contributed by atoms with van der Waals surface area (Å²) in [5.41, 5.74) is 1.05. The van der Waals surface area contributed by atoms with Gasteiger partial charge in [-0.05, 0) is 50.4 Å². The standard InChI is InChI=1S/C15H18Cl2N2O/c1-19-12-4-2-11(9-18-20)15(19,7-6-12)10-3-5-13(16)14(17)8-10/h3,5,8-9,11-12,20H,2,4,6-7H2,1H3/t11?,12-,15+/m1/s1. The first kappa shape index (κ1) is 14.2. The largest absolute Gasteiger partial charge is 0.411 e. The van der Waals surface area contributed by atoms with Gasteiger partial charge < -0.3 is 5.21 Å². The fraction of sp³-hybridized carbons (Fsp3) is 0.533. The number of hydrogen-bond donors (Lipinski definition) is 1. The van der Waals surface area contributed by atoms with E-state index in [2.05, 4.69) is 23.2 Å². The Labute approximate surface area is 129 Å².